The fourth-order valence-corrected chi connectivity index (χ4v) is 1.70. The highest BCUT2D eigenvalue weighted by atomic mass is 32.1. The van der Waals surface area contributed by atoms with Crippen LogP contribution in [0.1, 0.15) is 0 Å². The lowest BCUT2D eigenvalue weighted by atomic mass is 10.3. The van der Waals surface area contributed by atoms with E-state index in [1.807, 2.05) is 5.32 Å². The molecule has 106 valence electrons. The second-order valence-electron chi connectivity index (χ2n) is 3.90. The third kappa shape index (κ3) is 3.87. The van der Waals surface area contributed by atoms with Crippen LogP contribution in [-0.4, -0.2) is 6.03 Å². The van der Waals surface area contributed by atoms with Crippen molar-refractivity contribution in [2.45, 2.75) is 0 Å². The number of amides is 2. The number of nitriles is 1. The zero-order valence-corrected chi connectivity index (χ0v) is 11.5. The van der Waals surface area contributed by atoms with E-state index in [0.717, 1.165) is 4.31 Å². The molecule has 0 fully saturated rings. The Morgan fingerprint density at radius 1 is 1.14 bits per heavy atom. The lowest BCUT2D eigenvalue weighted by molar-refractivity contribution is 0.253. The summed E-state index contributed by atoms with van der Waals surface area (Å²) < 4.78 is 19.3. The van der Waals surface area contributed by atoms with Gasteiger partial charge in [0.1, 0.15) is 17.3 Å². The number of benzene rings is 2. The molecule has 7 heteroatoms. The highest BCUT2D eigenvalue weighted by molar-refractivity contribution is 7.82. The van der Waals surface area contributed by atoms with Gasteiger partial charge in [-0.05, 0) is 48.5 Å². The Bertz CT molecular complexity index is 668. The SMILES string of the molecule is N#CNC(=O)N(S)c1ccc(Oc2ccc(F)cc2)cc1. The molecule has 0 radical (unpaired) electrons. The summed E-state index contributed by atoms with van der Waals surface area (Å²) in [6.07, 6.45) is 1.52. The molecular weight excluding hydrogens is 293 g/mol. The predicted octanol–water partition coefficient (Wildman–Crippen LogP) is 3.46. The zero-order valence-electron chi connectivity index (χ0n) is 10.7. The van der Waals surface area contributed by atoms with Gasteiger partial charge < -0.3 is 4.74 Å². The first kappa shape index (κ1) is 14.7. The molecule has 0 bridgehead atoms. The Hall–Kier alpha value is -2.72. The minimum Gasteiger partial charge on any atom is -0.457 e. The van der Waals surface area contributed by atoms with E-state index in [2.05, 4.69) is 12.8 Å². The van der Waals surface area contributed by atoms with Crippen LogP contribution in [0.3, 0.4) is 0 Å². The molecule has 2 aromatic rings. The number of hydrogen-bond acceptors (Lipinski definition) is 4. The van der Waals surface area contributed by atoms with Gasteiger partial charge >= 0.3 is 6.03 Å². The highest BCUT2D eigenvalue weighted by Gasteiger charge is 2.11. The minimum absolute atomic E-state index is 0.341. The number of ether oxygens (including phenoxy) is 1. The predicted molar refractivity (Wildman–Crippen MR) is 78.5 cm³/mol. The van der Waals surface area contributed by atoms with Crippen LogP contribution in [0.25, 0.3) is 0 Å². The van der Waals surface area contributed by atoms with Crippen LogP contribution in [0.15, 0.2) is 48.5 Å². The second kappa shape index (κ2) is 6.63. The van der Waals surface area contributed by atoms with Gasteiger partial charge in [0, 0.05) is 0 Å². The Labute approximate surface area is 126 Å². The molecule has 5 nitrogen and oxygen atoms in total. The van der Waals surface area contributed by atoms with Gasteiger partial charge in [-0.3, -0.25) is 0 Å². The van der Waals surface area contributed by atoms with Crippen molar-refractivity contribution < 1.29 is 13.9 Å². The molecule has 2 rings (SSSR count). The molecule has 21 heavy (non-hydrogen) atoms. The number of urea groups is 1. The Kier molecular flexibility index (Phi) is 4.64. The summed E-state index contributed by atoms with van der Waals surface area (Å²) in [5, 5.41) is 10.3. The van der Waals surface area contributed by atoms with E-state index in [1.165, 1.54) is 30.5 Å². The zero-order chi connectivity index (χ0) is 15.2. The number of rotatable bonds is 3. The molecule has 2 amide bonds. The standard InChI is InChI=1S/C14H10FN3O2S/c15-10-1-5-12(6-2-10)20-13-7-3-11(4-8-13)18(21)14(19)17-9-16/h1-8,21H,(H,17,19). The van der Waals surface area contributed by atoms with E-state index in [0.29, 0.717) is 17.2 Å². The van der Waals surface area contributed by atoms with E-state index in [1.54, 1.807) is 24.3 Å². The van der Waals surface area contributed by atoms with Crippen molar-refractivity contribution in [1.82, 2.24) is 5.32 Å². The van der Waals surface area contributed by atoms with Crippen molar-refractivity contribution in [1.29, 1.82) is 5.26 Å². The van der Waals surface area contributed by atoms with Gasteiger partial charge in [-0.15, -0.1) is 0 Å². The van der Waals surface area contributed by atoms with Crippen molar-refractivity contribution in [2.75, 3.05) is 4.31 Å². The molecule has 2 aromatic carbocycles. The number of hydrogen-bond donors (Lipinski definition) is 2. The first-order chi connectivity index (χ1) is 10.1. The Morgan fingerprint density at radius 2 is 1.67 bits per heavy atom. The maximum absolute atomic E-state index is 12.8. The minimum atomic E-state index is -0.659. The van der Waals surface area contributed by atoms with Crippen LogP contribution in [0.4, 0.5) is 14.9 Å². The molecular formula is C14H10FN3O2S. The van der Waals surface area contributed by atoms with Crippen LogP contribution < -0.4 is 14.4 Å². The molecule has 1 N–H and O–H groups in total. The van der Waals surface area contributed by atoms with Gasteiger partial charge in [0.15, 0.2) is 6.19 Å². The lowest BCUT2D eigenvalue weighted by Gasteiger charge is -2.14. The van der Waals surface area contributed by atoms with E-state index in [4.69, 9.17) is 10.00 Å². The summed E-state index contributed by atoms with van der Waals surface area (Å²) in [5.74, 6) is 0.675. The maximum atomic E-state index is 12.8. The van der Waals surface area contributed by atoms with Crippen LogP contribution in [0, 0.1) is 17.3 Å². The molecule has 0 saturated heterocycles. The number of nitrogens with one attached hydrogen (secondary N) is 1. The summed E-state index contributed by atoms with van der Waals surface area (Å²) in [6.45, 7) is 0. The average molecular weight is 303 g/mol. The molecule has 0 unspecified atom stereocenters. The number of nitrogens with zero attached hydrogens (tertiary/aromatic N) is 2. The van der Waals surface area contributed by atoms with Gasteiger partial charge in [-0.2, -0.15) is 5.26 Å². The van der Waals surface area contributed by atoms with Crippen molar-refractivity contribution in [3.63, 3.8) is 0 Å². The van der Waals surface area contributed by atoms with Gasteiger partial charge in [0.05, 0.1) is 5.69 Å². The lowest BCUT2D eigenvalue weighted by Crippen LogP contribution is -2.30. The second-order valence-corrected chi connectivity index (χ2v) is 4.30. The van der Waals surface area contributed by atoms with E-state index in [9.17, 15) is 9.18 Å². The van der Waals surface area contributed by atoms with Gasteiger partial charge in [0.25, 0.3) is 0 Å². The molecule has 0 saturated carbocycles. The average Bonchev–Trinajstić information content (AvgIpc) is 2.50. The normalized spacial score (nSPS) is 9.57. The number of anilines is 1. The topological polar surface area (TPSA) is 65.4 Å². The first-order valence-electron chi connectivity index (χ1n) is 5.81. The highest BCUT2D eigenvalue weighted by Crippen LogP contribution is 2.25. The summed E-state index contributed by atoms with van der Waals surface area (Å²) in [6, 6.07) is 11.4. The fraction of sp³-hybridized carbons (Fsp3) is 0. The van der Waals surface area contributed by atoms with Crippen LogP contribution >= 0.6 is 12.8 Å². The number of halogens is 1. The van der Waals surface area contributed by atoms with Crippen molar-refractivity contribution in [3.8, 4) is 17.7 Å². The number of carbonyl (C=O) groups is 1. The largest absolute Gasteiger partial charge is 0.457 e. The summed E-state index contributed by atoms with van der Waals surface area (Å²) in [5.41, 5.74) is 0.470. The summed E-state index contributed by atoms with van der Waals surface area (Å²) in [4.78, 5) is 11.4. The Balaban J connectivity index is 2.07. The van der Waals surface area contributed by atoms with Gasteiger partial charge in [-0.1, -0.05) is 12.8 Å². The smallest absolute Gasteiger partial charge is 0.345 e. The molecule has 0 aliphatic rings. The molecule has 0 aliphatic heterocycles. The van der Waals surface area contributed by atoms with Crippen LogP contribution in [-0.2, 0) is 0 Å². The molecule has 0 atom stereocenters. The van der Waals surface area contributed by atoms with Crippen LogP contribution in [0.2, 0.25) is 0 Å². The van der Waals surface area contributed by atoms with Gasteiger partial charge in [0.2, 0.25) is 0 Å². The first-order valence-corrected chi connectivity index (χ1v) is 6.21. The third-order valence-corrected chi connectivity index (χ3v) is 2.90. The summed E-state index contributed by atoms with van der Waals surface area (Å²) in [7, 11) is 0. The molecule has 0 heterocycles. The van der Waals surface area contributed by atoms with E-state index in [-0.39, 0.29) is 5.82 Å². The quantitative estimate of drug-likeness (QED) is 0.518. The monoisotopic (exact) mass is 303 g/mol. The maximum Gasteiger partial charge on any atom is 0.345 e. The fourth-order valence-electron chi connectivity index (χ4n) is 1.51. The van der Waals surface area contributed by atoms with Crippen molar-refractivity contribution in [2.24, 2.45) is 0 Å². The number of carbonyl (C=O) groups excluding carboxylic acids is 1. The van der Waals surface area contributed by atoms with E-state index < -0.39 is 6.03 Å². The van der Waals surface area contributed by atoms with Gasteiger partial charge in [-0.25, -0.2) is 18.8 Å². The third-order valence-electron chi connectivity index (χ3n) is 2.49. The summed E-state index contributed by atoms with van der Waals surface area (Å²) >= 11 is 3.98. The van der Waals surface area contributed by atoms with Crippen LogP contribution in [0.5, 0.6) is 11.5 Å². The number of thiol groups is 1. The van der Waals surface area contributed by atoms with Crippen molar-refractivity contribution in [3.05, 3.63) is 54.3 Å². The van der Waals surface area contributed by atoms with E-state index >= 15 is 0 Å². The molecule has 0 aliphatic carbocycles. The Morgan fingerprint density at radius 3 is 2.19 bits per heavy atom. The van der Waals surface area contributed by atoms with Crippen molar-refractivity contribution >= 4 is 24.5 Å². The molecule has 0 spiro atoms. The molecule has 0 aromatic heterocycles.